The molecular formula is C20H30N4S. The van der Waals surface area contributed by atoms with Crippen molar-refractivity contribution in [2.45, 2.75) is 32.7 Å². The van der Waals surface area contributed by atoms with Gasteiger partial charge in [-0.25, -0.2) is 0 Å². The first kappa shape index (κ1) is 19.5. The van der Waals surface area contributed by atoms with Crippen LogP contribution in [0.5, 0.6) is 0 Å². The highest BCUT2D eigenvalue weighted by Crippen LogP contribution is 2.10. The van der Waals surface area contributed by atoms with Gasteiger partial charge in [0.15, 0.2) is 5.96 Å². The van der Waals surface area contributed by atoms with Gasteiger partial charge in [-0.3, -0.25) is 9.89 Å². The quantitative estimate of drug-likeness (QED) is 0.507. The van der Waals surface area contributed by atoms with Crippen molar-refractivity contribution in [2.24, 2.45) is 10.7 Å². The molecule has 1 aromatic heterocycles. The van der Waals surface area contributed by atoms with Crippen LogP contribution in [0.4, 0.5) is 0 Å². The topological polar surface area (TPSA) is 53.6 Å². The fourth-order valence-corrected chi connectivity index (χ4v) is 3.67. The Morgan fingerprint density at radius 1 is 1.16 bits per heavy atom. The lowest BCUT2D eigenvalue weighted by Crippen LogP contribution is -2.40. The van der Waals surface area contributed by atoms with Gasteiger partial charge >= 0.3 is 0 Å². The Hall–Kier alpha value is -1.85. The zero-order valence-corrected chi connectivity index (χ0v) is 16.1. The van der Waals surface area contributed by atoms with E-state index in [9.17, 15) is 0 Å². The van der Waals surface area contributed by atoms with E-state index in [4.69, 9.17) is 5.73 Å². The maximum Gasteiger partial charge on any atom is 0.188 e. The molecule has 2 rings (SSSR count). The maximum absolute atomic E-state index is 6.06. The van der Waals surface area contributed by atoms with Gasteiger partial charge < -0.3 is 11.1 Å². The zero-order chi connectivity index (χ0) is 17.9. The second kappa shape index (κ2) is 10.9. The fraction of sp³-hybridized carbons (Fsp3) is 0.450. The molecule has 25 heavy (non-hydrogen) atoms. The summed E-state index contributed by atoms with van der Waals surface area (Å²) in [6, 6.07) is 15.2. The van der Waals surface area contributed by atoms with Crippen molar-refractivity contribution < 1.29 is 0 Å². The van der Waals surface area contributed by atoms with Crippen molar-refractivity contribution in [2.75, 3.05) is 26.2 Å². The normalized spacial score (nSPS) is 13.2. The molecule has 0 saturated heterocycles. The number of hydrogen-bond donors (Lipinski definition) is 2. The minimum Gasteiger partial charge on any atom is -0.370 e. The molecule has 0 saturated carbocycles. The highest BCUT2D eigenvalue weighted by atomic mass is 32.1. The number of aliphatic imine (C=N–C) groups is 1. The van der Waals surface area contributed by atoms with E-state index in [-0.39, 0.29) is 0 Å². The van der Waals surface area contributed by atoms with Gasteiger partial charge in [-0.05, 0) is 42.9 Å². The van der Waals surface area contributed by atoms with Crippen molar-refractivity contribution >= 4 is 17.3 Å². The third kappa shape index (κ3) is 6.88. The molecule has 136 valence electrons. The van der Waals surface area contributed by atoms with E-state index < -0.39 is 0 Å². The Morgan fingerprint density at radius 3 is 2.56 bits per heavy atom. The molecule has 0 spiro atoms. The van der Waals surface area contributed by atoms with Gasteiger partial charge in [0, 0.05) is 17.5 Å². The molecule has 0 bridgehead atoms. The standard InChI is InChI=1S/C20H30N4S/c1-3-24(4-2)18(15-17-9-6-5-7-10-17)16-23-20(21)22-13-12-19-11-8-14-25-19/h5-11,14,18H,3-4,12-13,15-16H2,1-2H3,(H3,21,22,23). The van der Waals surface area contributed by atoms with Crippen LogP contribution in [-0.2, 0) is 12.8 Å². The predicted molar refractivity (Wildman–Crippen MR) is 109 cm³/mol. The minimum absolute atomic E-state index is 0.370. The SMILES string of the molecule is CCN(CC)C(CN=C(N)NCCc1cccs1)Cc1ccccc1. The van der Waals surface area contributed by atoms with E-state index in [0.717, 1.165) is 32.5 Å². The van der Waals surface area contributed by atoms with E-state index in [2.05, 4.69) is 76.9 Å². The Bertz CT molecular complexity index is 606. The third-order valence-corrected chi connectivity index (χ3v) is 5.31. The summed E-state index contributed by atoms with van der Waals surface area (Å²) in [5, 5.41) is 5.33. The summed E-state index contributed by atoms with van der Waals surface area (Å²) in [6.45, 7) is 7.99. The third-order valence-electron chi connectivity index (χ3n) is 4.37. The summed E-state index contributed by atoms with van der Waals surface area (Å²) in [5.74, 6) is 0.543. The molecule has 1 unspecified atom stereocenters. The average Bonchev–Trinajstić information content (AvgIpc) is 3.15. The van der Waals surface area contributed by atoms with Crippen LogP contribution >= 0.6 is 11.3 Å². The second-order valence-corrected chi connectivity index (χ2v) is 7.08. The molecule has 0 aliphatic rings. The molecule has 0 aliphatic heterocycles. The molecule has 1 heterocycles. The number of hydrogen-bond acceptors (Lipinski definition) is 3. The number of thiophene rings is 1. The lowest BCUT2D eigenvalue weighted by Gasteiger charge is -2.28. The van der Waals surface area contributed by atoms with Crippen LogP contribution in [0.15, 0.2) is 52.8 Å². The number of likely N-dealkylation sites (N-methyl/N-ethyl adjacent to an activating group) is 1. The van der Waals surface area contributed by atoms with Crippen LogP contribution in [0.1, 0.15) is 24.3 Å². The number of benzene rings is 1. The van der Waals surface area contributed by atoms with Gasteiger partial charge in [-0.15, -0.1) is 11.3 Å². The molecule has 0 radical (unpaired) electrons. The summed E-state index contributed by atoms with van der Waals surface area (Å²) in [7, 11) is 0. The Balaban J connectivity index is 1.88. The van der Waals surface area contributed by atoms with Crippen molar-refractivity contribution in [3.63, 3.8) is 0 Å². The molecule has 0 aliphatic carbocycles. The van der Waals surface area contributed by atoms with Gasteiger partial charge in [-0.2, -0.15) is 0 Å². The number of nitrogens with one attached hydrogen (secondary N) is 1. The molecule has 3 N–H and O–H groups in total. The number of rotatable bonds is 10. The molecule has 4 nitrogen and oxygen atoms in total. The van der Waals surface area contributed by atoms with Crippen molar-refractivity contribution in [3.05, 3.63) is 58.3 Å². The van der Waals surface area contributed by atoms with Gasteiger partial charge in [0.1, 0.15) is 0 Å². The van der Waals surface area contributed by atoms with Gasteiger partial charge in [-0.1, -0.05) is 50.2 Å². The summed E-state index contributed by atoms with van der Waals surface area (Å²) in [6.07, 6.45) is 1.98. The Morgan fingerprint density at radius 2 is 1.92 bits per heavy atom. The van der Waals surface area contributed by atoms with Crippen LogP contribution in [0, 0.1) is 0 Å². The zero-order valence-electron chi connectivity index (χ0n) is 15.3. The van der Waals surface area contributed by atoms with Gasteiger partial charge in [0.2, 0.25) is 0 Å². The van der Waals surface area contributed by atoms with Crippen LogP contribution in [0.25, 0.3) is 0 Å². The highest BCUT2D eigenvalue weighted by molar-refractivity contribution is 7.09. The second-order valence-electron chi connectivity index (χ2n) is 6.05. The number of nitrogens with two attached hydrogens (primary N) is 1. The van der Waals surface area contributed by atoms with Crippen molar-refractivity contribution in [1.29, 1.82) is 0 Å². The lowest BCUT2D eigenvalue weighted by molar-refractivity contribution is 0.220. The van der Waals surface area contributed by atoms with E-state index in [0.29, 0.717) is 18.5 Å². The highest BCUT2D eigenvalue weighted by Gasteiger charge is 2.16. The molecule has 1 atom stereocenters. The van der Waals surface area contributed by atoms with Crippen LogP contribution in [-0.4, -0.2) is 43.1 Å². The molecule has 0 amide bonds. The van der Waals surface area contributed by atoms with Crippen LogP contribution < -0.4 is 11.1 Å². The fourth-order valence-electron chi connectivity index (χ4n) is 2.96. The van der Waals surface area contributed by atoms with E-state index >= 15 is 0 Å². The largest absolute Gasteiger partial charge is 0.370 e. The summed E-state index contributed by atoms with van der Waals surface area (Å²) < 4.78 is 0. The summed E-state index contributed by atoms with van der Waals surface area (Å²) >= 11 is 1.78. The molecule has 0 fully saturated rings. The van der Waals surface area contributed by atoms with Crippen molar-refractivity contribution in [1.82, 2.24) is 10.2 Å². The average molecular weight is 359 g/mol. The van der Waals surface area contributed by atoms with Gasteiger partial charge in [0.05, 0.1) is 6.54 Å². The molecule has 2 aromatic rings. The summed E-state index contributed by atoms with van der Waals surface area (Å²) in [4.78, 5) is 8.42. The van der Waals surface area contributed by atoms with E-state index in [1.165, 1.54) is 10.4 Å². The number of guanidine groups is 1. The molecule has 1 aromatic carbocycles. The monoisotopic (exact) mass is 358 g/mol. The van der Waals surface area contributed by atoms with E-state index in [1.54, 1.807) is 11.3 Å². The first-order valence-corrected chi connectivity index (χ1v) is 9.95. The minimum atomic E-state index is 0.370. The molecule has 5 heteroatoms. The van der Waals surface area contributed by atoms with Crippen molar-refractivity contribution in [3.8, 4) is 0 Å². The first-order chi connectivity index (χ1) is 12.2. The van der Waals surface area contributed by atoms with Crippen LogP contribution in [0.3, 0.4) is 0 Å². The Labute approximate surface area is 155 Å². The molecular weight excluding hydrogens is 328 g/mol. The maximum atomic E-state index is 6.06. The first-order valence-electron chi connectivity index (χ1n) is 9.07. The Kier molecular flexibility index (Phi) is 8.49. The lowest BCUT2D eigenvalue weighted by atomic mass is 10.0. The van der Waals surface area contributed by atoms with Gasteiger partial charge in [0.25, 0.3) is 0 Å². The van der Waals surface area contributed by atoms with Crippen LogP contribution in [0.2, 0.25) is 0 Å². The smallest absolute Gasteiger partial charge is 0.188 e. The number of nitrogens with zero attached hydrogens (tertiary/aromatic N) is 2. The van der Waals surface area contributed by atoms with E-state index in [1.807, 2.05) is 0 Å². The summed E-state index contributed by atoms with van der Waals surface area (Å²) in [5.41, 5.74) is 7.41. The predicted octanol–water partition coefficient (Wildman–Crippen LogP) is 3.15.